The molecule has 1 aromatic heterocycles. The van der Waals surface area contributed by atoms with Gasteiger partial charge in [-0.2, -0.15) is 0 Å². The maximum absolute atomic E-state index is 12.5. The maximum atomic E-state index is 12.5. The second kappa shape index (κ2) is 7.49. The highest BCUT2D eigenvalue weighted by Gasteiger charge is 2.52. The summed E-state index contributed by atoms with van der Waals surface area (Å²) in [5, 5.41) is 16.1. The highest BCUT2D eigenvalue weighted by molar-refractivity contribution is 6.01. The van der Waals surface area contributed by atoms with E-state index in [2.05, 4.69) is 38.7 Å². The molecule has 2 aromatic rings. The standard InChI is InChI=1S/C23H26N4O3/c28-18(14-27-8-5-15-3-1-2-4-16(15)13-27)12-25-21(29)17-9-19-20(24-11-17)10-23(6-7-23)22(30)26-19/h1-4,9,11,18,28H,5-8,10,12-14H2,(H,25,29)(H,26,30)/t18-/m0/s1. The molecule has 3 N–H and O–H groups in total. The number of hydrogen-bond acceptors (Lipinski definition) is 5. The molecule has 1 aromatic carbocycles. The van der Waals surface area contributed by atoms with Gasteiger partial charge in [-0.15, -0.1) is 0 Å². The van der Waals surface area contributed by atoms with Crippen LogP contribution in [0.4, 0.5) is 5.69 Å². The van der Waals surface area contributed by atoms with Crippen LogP contribution < -0.4 is 10.6 Å². The molecule has 1 spiro atoms. The van der Waals surface area contributed by atoms with E-state index in [-0.39, 0.29) is 23.8 Å². The molecule has 156 valence electrons. The molecule has 1 fully saturated rings. The van der Waals surface area contributed by atoms with Crippen LogP contribution in [0, 0.1) is 5.41 Å². The number of rotatable bonds is 5. The van der Waals surface area contributed by atoms with Crippen molar-refractivity contribution in [1.29, 1.82) is 0 Å². The fraction of sp³-hybridized carbons (Fsp3) is 0.435. The summed E-state index contributed by atoms with van der Waals surface area (Å²) in [6.07, 6.45) is 4.33. The van der Waals surface area contributed by atoms with Gasteiger partial charge in [0.25, 0.3) is 5.91 Å². The Labute approximate surface area is 175 Å². The molecule has 3 aliphatic rings. The topological polar surface area (TPSA) is 94.6 Å². The molecular weight excluding hydrogens is 380 g/mol. The van der Waals surface area contributed by atoms with Crippen LogP contribution in [-0.2, 0) is 24.2 Å². The molecule has 0 saturated heterocycles. The minimum absolute atomic E-state index is 0.0351. The number of benzene rings is 1. The minimum Gasteiger partial charge on any atom is -0.390 e. The molecule has 0 unspecified atom stereocenters. The Balaban J connectivity index is 1.15. The summed E-state index contributed by atoms with van der Waals surface area (Å²) in [6, 6.07) is 10.1. The number of nitrogens with zero attached hydrogens (tertiary/aromatic N) is 2. The van der Waals surface area contributed by atoms with E-state index in [1.807, 2.05) is 6.07 Å². The van der Waals surface area contributed by atoms with Gasteiger partial charge in [0.1, 0.15) is 0 Å². The number of amides is 2. The lowest BCUT2D eigenvalue weighted by Crippen LogP contribution is -2.42. The van der Waals surface area contributed by atoms with E-state index in [0.717, 1.165) is 38.0 Å². The van der Waals surface area contributed by atoms with E-state index < -0.39 is 6.10 Å². The molecule has 7 heteroatoms. The largest absolute Gasteiger partial charge is 0.390 e. The van der Waals surface area contributed by atoms with Crippen molar-refractivity contribution >= 4 is 17.5 Å². The number of pyridine rings is 1. The Hall–Kier alpha value is -2.77. The van der Waals surface area contributed by atoms with E-state index in [1.165, 1.54) is 11.1 Å². The van der Waals surface area contributed by atoms with Crippen molar-refractivity contribution in [3.63, 3.8) is 0 Å². The summed E-state index contributed by atoms with van der Waals surface area (Å²) in [7, 11) is 0. The predicted molar refractivity (Wildman–Crippen MR) is 112 cm³/mol. The summed E-state index contributed by atoms with van der Waals surface area (Å²) in [4.78, 5) is 31.4. The molecular formula is C23H26N4O3. The Morgan fingerprint density at radius 3 is 2.90 bits per heavy atom. The van der Waals surface area contributed by atoms with Crippen molar-refractivity contribution in [3.05, 3.63) is 58.9 Å². The van der Waals surface area contributed by atoms with Crippen LogP contribution in [0.25, 0.3) is 0 Å². The number of aromatic nitrogens is 1. The van der Waals surface area contributed by atoms with Crippen LogP contribution in [0.3, 0.4) is 0 Å². The summed E-state index contributed by atoms with van der Waals surface area (Å²) in [5.41, 5.74) is 4.26. The first-order valence-corrected chi connectivity index (χ1v) is 10.6. The van der Waals surface area contributed by atoms with E-state index in [0.29, 0.717) is 24.2 Å². The zero-order chi connectivity index (χ0) is 20.7. The predicted octanol–water partition coefficient (Wildman–Crippen LogP) is 1.51. The zero-order valence-electron chi connectivity index (χ0n) is 16.9. The maximum Gasteiger partial charge on any atom is 0.253 e. The SMILES string of the molecule is O=C(NC[C@H](O)CN1CCc2ccccc2C1)c1cnc2c(c1)NC(=O)C1(CC1)C2. The first-order valence-electron chi connectivity index (χ1n) is 10.6. The molecule has 5 rings (SSSR count). The number of β-amino-alcohol motifs (C(OH)–C–C–N with tert-alkyl or cyclic N) is 1. The van der Waals surface area contributed by atoms with Gasteiger partial charge in [-0.05, 0) is 36.5 Å². The van der Waals surface area contributed by atoms with E-state index in [4.69, 9.17) is 0 Å². The van der Waals surface area contributed by atoms with Crippen LogP contribution in [0.2, 0.25) is 0 Å². The van der Waals surface area contributed by atoms with Crippen LogP contribution in [0.1, 0.15) is 40.0 Å². The quantitative estimate of drug-likeness (QED) is 0.700. The third-order valence-corrected chi connectivity index (χ3v) is 6.50. The van der Waals surface area contributed by atoms with Gasteiger partial charge in [0.2, 0.25) is 5.91 Å². The van der Waals surface area contributed by atoms with Crippen LogP contribution in [0.15, 0.2) is 36.5 Å². The zero-order valence-corrected chi connectivity index (χ0v) is 16.9. The van der Waals surface area contributed by atoms with Gasteiger partial charge < -0.3 is 15.7 Å². The van der Waals surface area contributed by atoms with Gasteiger partial charge in [-0.25, -0.2) is 0 Å². The lowest BCUT2D eigenvalue weighted by molar-refractivity contribution is -0.121. The number of anilines is 1. The Kier molecular flexibility index (Phi) is 4.79. The van der Waals surface area contributed by atoms with Crippen molar-refractivity contribution in [2.24, 2.45) is 5.41 Å². The van der Waals surface area contributed by atoms with Crippen LogP contribution >= 0.6 is 0 Å². The first-order chi connectivity index (χ1) is 14.5. The second-order valence-electron chi connectivity index (χ2n) is 8.75. The van der Waals surface area contributed by atoms with E-state index >= 15 is 0 Å². The molecule has 7 nitrogen and oxygen atoms in total. The Morgan fingerprint density at radius 1 is 1.30 bits per heavy atom. The lowest BCUT2D eigenvalue weighted by atomic mass is 9.93. The molecule has 1 atom stereocenters. The summed E-state index contributed by atoms with van der Waals surface area (Å²) in [6.45, 7) is 2.40. The molecule has 30 heavy (non-hydrogen) atoms. The number of aliphatic hydroxyl groups excluding tert-OH is 1. The monoisotopic (exact) mass is 406 g/mol. The Morgan fingerprint density at radius 2 is 2.10 bits per heavy atom. The average molecular weight is 406 g/mol. The Bertz CT molecular complexity index is 1000. The van der Waals surface area contributed by atoms with Gasteiger partial charge in [-0.1, -0.05) is 24.3 Å². The average Bonchev–Trinajstić information content (AvgIpc) is 3.53. The normalized spacial score (nSPS) is 20.1. The van der Waals surface area contributed by atoms with Crippen LogP contribution in [0.5, 0.6) is 0 Å². The third-order valence-electron chi connectivity index (χ3n) is 6.50. The molecule has 1 aliphatic carbocycles. The van der Waals surface area contributed by atoms with Crippen molar-refractivity contribution in [2.45, 2.75) is 38.3 Å². The molecule has 3 heterocycles. The van der Waals surface area contributed by atoms with Gasteiger partial charge >= 0.3 is 0 Å². The van der Waals surface area contributed by atoms with Gasteiger partial charge in [0.15, 0.2) is 0 Å². The smallest absolute Gasteiger partial charge is 0.253 e. The highest BCUT2D eigenvalue weighted by Crippen LogP contribution is 2.51. The van der Waals surface area contributed by atoms with Crippen molar-refractivity contribution in [2.75, 3.05) is 25.0 Å². The molecule has 0 radical (unpaired) electrons. The van der Waals surface area contributed by atoms with Crippen molar-refractivity contribution in [3.8, 4) is 0 Å². The van der Waals surface area contributed by atoms with Gasteiger partial charge in [-0.3, -0.25) is 19.5 Å². The van der Waals surface area contributed by atoms with E-state index in [9.17, 15) is 14.7 Å². The van der Waals surface area contributed by atoms with Crippen LogP contribution in [-0.4, -0.2) is 52.5 Å². The number of fused-ring (bicyclic) bond motifs is 2. The highest BCUT2D eigenvalue weighted by atomic mass is 16.3. The number of nitrogens with one attached hydrogen (secondary N) is 2. The molecule has 2 aliphatic heterocycles. The fourth-order valence-electron chi connectivity index (χ4n) is 4.46. The van der Waals surface area contributed by atoms with Crippen molar-refractivity contribution in [1.82, 2.24) is 15.2 Å². The summed E-state index contributed by atoms with van der Waals surface area (Å²) >= 11 is 0. The third kappa shape index (κ3) is 3.70. The van der Waals surface area contributed by atoms with E-state index in [1.54, 1.807) is 12.3 Å². The first kappa shape index (κ1) is 19.2. The second-order valence-corrected chi connectivity index (χ2v) is 8.75. The molecule has 1 saturated carbocycles. The number of hydrogen-bond donors (Lipinski definition) is 3. The summed E-state index contributed by atoms with van der Waals surface area (Å²) in [5.74, 6) is -0.262. The number of carbonyl (C=O) groups is 2. The number of carbonyl (C=O) groups excluding carboxylic acids is 2. The minimum atomic E-state index is -0.653. The van der Waals surface area contributed by atoms with Gasteiger partial charge in [0, 0.05) is 38.8 Å². The van der Waals surface area contributed by atoms with Crippen molar-refractivity contribution < 1.29 is 14.7 Å². The fourth-order valence-corrected chi connectivity index (χ4v) is 4.46. The van der Waals surface area contributed by atoms with Gasteiger partial charge in [0.05, 0.1) is 28.5 Å². The molecule has 0 bridgehead atoms. The summed E-state index contributed by atoms with van der Waals surface area (Å²) < 4.78 is 0. The number of aliphatic hydroxyl groups is 1. The lowest BCUT2D eigenvalue weighted by Gasteiger charge is -2.30. The molecule has 2 amide bonds.